The summed E-state index contributed by atoms with van der Waals surface area (Å²) in [5.41, 5.74) is -6.89. The molecule has 124 valence electrons. The molecule has 0 aliphatic carbocycles. The van der Waals surface area contributed by atoms with Crippen molar-refractivity contribution >= 4 is 50.7 Å². The summed E-state index contributed by atoms with van der Waals surface area (Å²) in [6.45, 7) is 1.06. The molecule has 1 atom stereocenters. The van der Waals surface area contributed by atoms with Gasteiger partial charge in [0.25, 0.3) is 0 Å². The summed E-state index contributed by atoms with van der Waals surface area (Å²) in [5, 5.41) is 0.843. The second kappa shape index (κ2) is 6.09. The first-order valence-electron chi connectivity index (χ1n) is 5.31. The Balaban J connectivity index is 3.58. The van der Waals surface area contributed by atoms with Crippen LogP contribution in [0.25, 0.3) is 0 Å². The first-order valence-corrected chi connectivity index (χ1v) is 6.86. The molecule has 0 aliphatic rings. The molecule has 1 N–H and O–H groups in total. The topological polar surface area (TPSA) is 29.1 Å². The van der Waals surface area contributed by atoms with Gasteiger partial charge in [0.2, 0.25) is 5.91 Å². The van der Waals surface area contributed by atoms with Crippen molar-refractivity contribution in [2.45, 2.75) is 23.6 Å². The van der Waals surface area contributed by atoms with E-state index in [-0.39, 0.29) is 5.69 Å². The molecule has 0 spiro atoms. The Morgan fingerprint density at radius 1 is 1.09 bits per heavy atom. The number of nitrogens with one attached hydrogen (secondary N) is 1. The molecule has 0 aliphatic heterocycles. The van der Waals surface area contributed by atoms with Crippen LogP contribution in [0.15, 0.2) is 12.1 Å². The zero-order chi connectivity index (χ0) is 17.5. The highest BCUT2D eigenvalue weighted by atomic mass is 79.9. The quantitative estimate of drug-likeness (QED) is 0.484. The van der Waals surface area contributed by atoms with Crippen LogP contribution >= 0.6 is 39.1 Å². The minimum Gasteiger partial charge on any atom is -0.324 e. The zero-order valence-corrected chi connectivity index (χ0v) is 13.6. The molecule has 2 nitrogen and oxygen atoms in total. The lowest BCUT2D eigenvalue weighted by molar-refractivity contribution is -0.282. The first kappa shape index (κ1) is 19.4. The standard InChI is InChI=1S/C11H6BrCl2F6NO/c1-4(22)21-8-6(13)2-5(3-7(8)14)9(15,10(12,16)17)11(18,19)20/h2-3H,1H3,(H,21,22). The van der Waals surface area contributed by atoms with Gasteiger partial charge in [-0.05, 0) is 28.1 Å². The molecule has 0 bridgehead atoms. The molecule has 1 unspecified atom stereocenters. The van der Waals surface area contributed by atoms with Gasteiger partial charge in [-0.25, -0.2) is 4.39 Å². The maximum Gasteiger partial charge on any atom is 0.433 e. The van der Waals surface area contributed by atoms with Gasteiger partial charge in [0, 0.05) is 12.5 Å². The fourth-order valence-corrected chi connectivity index (χ4v) is 2.59. The number of anilines is 1. The van der Waals surface area contributed by atoms with Crippen molar-refractivity contribution in [3.8, 4) is 0 Å². The van der Waals surface area contributed by atoms with Crippen molar-refractivity contribution < 1.29 is 31.1 Å². The van der Waals surface area contributed by atoms with Gasteiger partial charge in [0.1, 0.15) is 0 Å². The average molecular weight is 433 g/mol. The third kappa shape index (κ3) is 3.46. The summed E-state index contributed by atoms with van der Waals surface area (Å²) in [6.07, 6.45) is -5.96. The van der Waals surface area contributed by atoms with Crippen LogP contribution in [-0.4, -0.2) is 16.9 Å². The van der Waals surface area contributed by atoms with Crippen molar-refractivity contribution in [2.75, 3.05) is 5.32 Å². The molecule has 1 aromatic carbocycles. The minimum atomic E-state index is -5.96. The van der Waals surface area contributed by atoms with E-state index in [0.29, 0.717) is 12.1 Å². The number of hydrogen-bond donors (Lipinski definition) is 1. The van der Waals surface area contributed by atoms with E-state index in [9.17, 15) is 31.1 Å². The van der Waals surface area contributed by atoms with Crippen molar-refractivity contribution in [3.05, 3.63) is 27.7 Å². The molecule has 0 saturated heterocycles. The zero-order valence-electron chi connectivity index (χ0n) is 10.5. The number of hydrogen-bond acceptors (Lipinski definition) is 1. The highest BCUT2D eigenvalue weighted by Gasteiger charge is 2.71. The Hall–Kier alpha value is -0.670. The Labute approximate surface area is 138 Å². The summed E-state index contributed by atoms with van der Waals surface area (Å²) in [5.74, 6) is -0.662. The predicted molar refractivity (Wildman–Crippen MR) is 73.5 cm³/mol. The molecule has 1 amide bonds. The molecular weight excluding hydrogens is 427 g/mol. The van der Waals surface area contributed by atoms with Gasteiger partial charge in [-0.3, -0.25) is 4.79 Å². The number of rotatable bonds is 3. The Bertz CT molecular complexity index is 564. The molecule has 0 saturated carbocycles. The van der Waals surface area contributed by atoms with Gasteiger partial charge in [0.15, 0.2) is 0 Å². The fourth-order valence-electron chi connectivity index (χ4n) is 1.56. The maximum atomic E-state index is 14.2. The van der Waals surface area contributed by atoms with Gasteiger partial charge < -0.3 is 5.32 Å². The summed E-state index contributed by atoms with van der Waals surface area (Å²) in [6, 6.07) is 0.642. The molecule has 22 heavy (non-hydrogen) atoms. The summed E-state index contributed by atoms with van der Waals surface area (Å²) < 4.78 is 79.0. The molecule has 1 rings (SSSR count). The lowest BCUT2D eigenvalue weighted by Gasteiger charge is -2.32. The molecular formula is C11H6BrCl2F6NO. The van der Waals surface area contributed by atoms with Crippen molar-refractivity contribution in [1.82, 2.24) is 0 Å². The van der Waals surface area contributed by atoms with Crippen LogP contribution in [-0.2, 0) is 10.5 Å². The molecule has 0 aromatic heterocycles. The van der Waals surface area contributed by atoms with Crippen molar-refractivity contribution in [2.24, 2.45) is 0 Å². The molecule has 0 heterocycles. The van der Waals surface area contributed by atoms with E-state index in [2.05, 4.69) is 5.32 Å². The van der Waals surface area contributed by atoms with E-state index >= 15 is 0 Å². The smallest absolute Gasteiger partial charge is 0.324 e. The molecule has 0 radical (unpaired) electrons. The van der Waals surface area contributed by atoms with Crippen LogP contribution in [0.4, 0.5) is 32.0 Å². The molecule has 0 fully saturated rings. The fraction of sp³-hybridized carbons (Fsp3) is 0.364. The van der Waals surface area contributed by atoms with Gasteiger partial charge in [-0.15, -0.1) is 0 Å². The highest BCUT2D eigenvalue weighted by molar-refractivity contribution is 9.10. The van der Waals surface area contributed by atoms with Crippen LogP contribution in [0.3, 0.4) is 0 Å². The number of carbonyl (C=O) groups is 1. The van der Waals surface area contributed by atoms with Gasteiger partial charge in [-0.2, -0.15) is 22.0 Å². The van der Waals surface area contributed by atoms with Crippen LogP contribution < -0.4 is 5.32 Å². The second-order valence-electron chi connectivity index (χ2n) is 4.15. The number of benzene rings is 1. The van der Waals surface area contributed by atoms with Crippen LogP contribution in [0, 0.1) is 0 Å². The Morgan fingerprint density at radius 3 is 1.77 bits per heavy atom. The lowest BCUT2D eigenvalue weighted by Crippen LogP contribution is -2.49. The van der Waals surface area contributed by atoms with E-state index < -0.39 is 38.2 Å². The van der Waals surface area contributed by atoms with Crippen molar-refractivity contribution in [3.63, 3.8) is 0 Å². The van der Waals surface area contributed by atoms with E-state index in [0.717, 1.165) is 6.92 Å². The second-order valence-corrected chi connectivity index (χ2v) is 5.96. The normalized spacial score (nSPS) is 15.4. The lowest BCUT2D eigenvalue weighted by atomic mass is 9.95. The van der Waals surface area contributed by atoms with Gasteiger partial charge in [0.05, 0.1) is 15.7 Å². The Kier molecular flexibility index (Phi) is 5.36. The van der Waals surface area contributed by atoms with E-state index in [1.807, 2.05) is 0 Å². The predicted octanol–water partition coefficient (Wildman–Crippen LogP) is 5.67. The summed E-state index contributed by atoms with van der Waals surface area (Å²) in [7, 11) is 0. The highest BCUT2D eigenvalue weighted by Crippen LogP contribution is 2.56. The summed E-state index contributed by atoms with van der Waals surface area (Å²) in [4.78, 5) is 5.94. The van der Waals surface area contributed by atoms with E-state index in [1.165, 1.54) is 15.9 Å². The van der Waals surface area contributed by atoms with E-state index in [4.69, 9.17) is 23.2 Å². The molecule has 11 heteroatoms. The number of halogens is 9. The largest absolute Gasteiger partial charge is 0.433 e. The number of carbonyl (C=O) groups excluding carboxylic acids is 1. The van der Waals surface area contributed by atoms with Crippen LogP contribution in [0.1, 0.15) is 12.5 Å². The number of alkyl halides is 7. The third-order valence-corrected chi connectivity index (χ3v) is 3.66. The SMILES string of the molecule is CC(=O)Nc1c(Cl)cc(C(F)(C(F)(F)F)C(F)(F)Br)cc1Cl. The van der Waals surface area contributed by atoms with E-state index in [1.54, 1.807) is 0 Å². The average Bonchev–Trinajstić information content (AvgIpc) is 2.29. The third-order valence-electron chi connectivity index (χ3n) is 2.52. The van der Waals surface area contributed by atoms with Crippen molar-refractivity contribution in [1.29, 1.82) is 0 Å². The number of amides is 1. The van der Waals surface area contributed by atoms with Gasteiger partial charge >= 0.3 is 16.7 Å². The minimum absolute atomic E-state index is 0.318. The maximum absolute atomic E-state index is 14.2. The van der Waals surface area contributed by atoms with Crippen LogP contribution in [0.2, 0.25) is 10.0 Å². The van der Waals surface area contributed by atoms with Crippen LogP contribution in [0.5, 0.6) is 0 Å². The Morgan fingerprint density at radius 2 is 1.50 bits per heavy atom. The monoisotopic (exact) mass is 431 g/mol. The summed E-state index contributed by atoms with van der Waals surface area (Å²) >= 11 is 12.6. The van der Waals surface area contributed by atoms with Gasteiger partial charge in [-0.1, -0.05) is 23.2 Å². The molecule has 1 aromatic rings. The first-order chi connectivity index (χ1) is 9.71.